The van der Waals surface area contributed by atoms with Crippen LogP contribution in [0, 0.1) is 11.8 Å². The molecule has 1 N–H and O–H groups in total. The Bertz CT molecular complexity index is 593. The summed E-state index contributed by atoms with van der Waals surface area (Å²) in [6, 6.07) is 6.99. The summed E-state index contributed by atoms with van der Waals surface area (Å²) < 4.78 is 0. The average Bonchev–Trinajstić information content (AvgIpc) is 2.73. The highest BCUT2D eigenvalue weighted by Crippen LogP contribution is 2.56. The zero-order chi connectivity index (χ0) is 14.7. The number of phenols is 1. The number of phenolic OH excluding ortho intramolecular Hbond substituents is 1. The third-order valence-electron chi connectivity index (χ3n) is 7.29. The molecule has 0 radical (unpaired) electrons. The fraction of sp³-hybridized carbons (Fsp3) is 0.700. The van der Waals surface area contributed by atoms with Gasteiger partial charge in [0.2, 0.25) is 0 Å². The van der Waals surface area contributed by atoms with Crippen LogP contribution in [0.3, 0.4) is 0 Å². The summed E-state index contributed by atoms with van der Waals surface area (Å²) in [5, 5.41) is 10.0. The van der Waals surface area contributed by atoms with Gasteiger partial charge in [0, 0.05) is 24.5 Å². The minimum atomic E-state index is 0.360. The first-order valence-corrected chi connectivity index (χ1v) is 9.33. The lowest BCUT2D eigenvalue weighted by atomic mass is 9.58. The highest BCUT2D eigenvalue weighted by molar-refractivity contribution is 5.46. The summed E-state index contributed by atoms with van der Waals surface area (Å²) in [6.45, 7) is 2.60. The summed E-state index contributed by atoms with van der Waals surface area (Å²) in [5.41, 5.74) is 3.39. The Morgan fingerprint density at radius 3 is 2.86 bits per heavy atom. The average molecular weight is 297 g/mol. The number of rotatable bonds is 2. The van der Waals surface area contributed by atoms with E-state index >= 15 is 0 Å². The van der Waals surface area contributed by atoms with Crippen molar-refractivity contribution in [2.45, 2.75) is 62.8 Å². The Balaban J connectivity index is 1.56. The molecule has 1 aromatic carbocycles. The zero-order valence-corrected chi connectivity index (χ0v) is 13.4. The molecule has 1 aliphatic heterocycles. The molecule has 4 aliphatic rings. The molecule has 1 heterocycles. The molecule has 0 spiro atoms. The van der Waals surface area contributed by atoms with Crippen LogP contribution in [-0.4, -0.2) is 29.1 Å². The number of fused-ring (bicyclic) bond motifs is 1. The van der Waals surface area contributed by atoms with E-state index in [1.54, 1.807) is 0 Å². The predicted octanol–water partition coefficient (Wildman–Crippen LogP) is 3.86. The lowest BCUT2D eigenvalue weighted by molar-refractivity contribution is 0.146. The zero-order valence-electron chi connectivity index (χ0n) is 13.4. The van der Waals surface area contributed by atoms with E-state index in [0.717, 1.165) is 17.9 Å². The van der Waals surface area contributed by atoms with E-state index in [0.29, 0.717) is 11.2 Å². The van der Waals surface area contributed by atoms with E-state index in [1.165, 1.54) is 75.6 Å². The van der Waals surface area contributed by atoms with Crippen LogP contribution in [0.4, 0.5) is 0 Å². The monoisotopic (exact) mass is 297 g/mol. The molecule has 5 rings (SSSR count). The summed E-state index contributed by atoms with van der Waals surface area (Å²) in [4.78, 5) is 2.86. The van der Waals surface area contributed by atoms with Crippen molar-refractivity contribution in [3.05, 3.63) is 29.3 Å². The Morgan fingerprint density at radius 2 is 2.05 bits per heavy atom. The topological polar surface area (TPSA) is 23.5 Å². The van der Waals surface area contributed by atoms with Gasteiger partial charge in [-0.1, -0.05) is 25.3 Å². The standard InChI is InChI=1S/C20H27NO/c22-16-8-7-15-10-19-17-6-1-2-9-20(17,18(15)11-16)13-21(19)12-14-4-3-5-14/h7-8,11,14,17,19,22H,1-6,9-10,12-13H2/t17?,19-,20-/m1/s1. The molecule has 0 aromatic heterocycles. The molecular formula is C20H27NO. The molecule has 3 aliphatic carbocycles. The highest BCUT2D eigenvalue weighted by Gasteiger charge is 2.57. The number of nitrogens with zero attached hydrogens (tertiary/aromatic N) is 1. The minimum absolute atomic E-state index is 0.360. The number of hydrogen-bond acceptors (Lipinski definition) is 2. The van der Waals surface area contributed by atoms with Crippen molar-refractivity contribution in [2.24, 2.45) is 11.8 Å². The maximum Gasteiger partial charge on any atom is 0.115 e. The Kier molecular flexibility index (Phi) is 2.89. The first kappa shape index (κ1) is 13.4. The largest absolute Gasteiger partial charge is 0.508 e. The number of aromatic hydroxyl groups is 1. The maximum atomic E-state index is 10.0. The van der Waals surface area contributed by atoms with Crippen LogP contribution in [0.2, 0.25) is 0 Å². The van der Waals surface area contributed by atoms with Crippen LogP contribution < -0.4 is 0 Å². The fourth-order valence-corrected chi connectivity index (χ4v) is 6.09. The normalized spacial score (nSPS) is 37.5. The summed E-state index contributed by atoms with van der Waals surface area (Å²) in [5.74, 6) is 2.28. The van der Waals surface area contributed by atoms with Gasteiger partial charge in [0.05, 0.1) is 0 Å². The van der Waals surface area contributed by atoms with E-state index in [4.69, 9.17) is 0 Å². The third kappa shape index (κ3) is 1.76. The van der Waals surface area contributed by atoms with Gasteiger partial charge >= 0.3 is 0 Å². The van der Waals surface area contributed by atoms with Crippen molar-refractivity contribution in [3.63, 3.8) is 0 Å². The lowest BCUT2D eigenvalue weighted by Gasteiger charge is -2.45. The van der Waals surface area contributed by atoms with Crippen LogP contribution >= 0.6 is 0 Å². The first-order chi connectivity index (χ1) is 10.8. The van der Waals surface area contributed by atoms with E-state index in [2.05, 4.69) is 17.0 Å². The molecule has 22 heavy (non-hydrogen) atoms. The van der Waals surface area contributed by atoms with Gasteiger partial charge in [0.25, 0.3) is 0 Å². The van der Waals surface area contributed by atoms with E-state index in [1.807, 2.05) is 6.07 Å². The van der Waals surface area contributed by atoms with Crippen molar-refractivity contribution < 1.29 is 5.11 Å². The quantitative estimate of drug-likeness (QED) is 0.896. The van der Waals surface area contributed by atoms with Crippen LogP contribution in [0.5, 0.6) is 5.75 Å². The van der Waals surface area contributed by atoms with E-state index < -0.39 is 0 Å². The van der Waals surface area contributed by atoms with Gasteiger partial charge in [-0.25, -0.2) is 0 Å². The molecule has 1 saturated heterocycles. The molecule has 118 valence electrons. The Morgan fingerprint density at radius 1 is 1.14 bits per heavy atom. The molecule has 2 nitrogen and oxygen atoms in total. The fourth-order valence-electron chi connectivity index (χ4n) is 6.09. The molecule has 1 unspecified atom stereocenters. The van der Waals surface area contributed by atoms with E-state index in [9.17, 15) is 5.11 Å². The van der Waals surface area contributed by atoms with Gasteiger partial charge < -0.3 is 5.11 Å². The van der Waals surface area contributed by atoms with Crippen molar-refractivity contribution in [1.29, 1.82) is 0 Å². The molecule has 2 saturated carbocycles. The van der Waals surface area contributed by atoms with Crippen LogP contribution in [0.15, 0.2) is 18.2 Å². The van der Waals surface area contributed by atoms with Gasteiger partial charge in [0.15, 0.2) is 0 Å². The van der Waals surface area contributed by atoms with Gasteiger partial charge in [0.1, 0.15) is 5.75 Å². The van der Waals surface area contributed by atoms with Crippen LogP contribution in [0.1, 0.15) is 56.1 Å². The Labute approximate surface area is 133 Å². The SMILES string of the molecule is Oc1ccc2c(c1)[C@@]13CCCCC1[C@@H](C2)N(CC1CCC1)C3. The highest BCUT2D eigenvalue weighted by atomic mass is 16.3. The third-order valence-corrected chi connectivity index (χ3v) is 7.29. The number of hydrogen-bond donors (Lipinski definition) is 1. The van der Waals surface area contributed by atoms with Gasteiger partial charge in [-0.3, -0.25) is 4.90 Å². The van der Waals surface area contributed by atoms with Crippen molar-refractivity contribution in [3.8, 4) is 5.75 Å². The first-order valence-electron chi connectivity index (χ1n) is 9.33. The van der Waals surface area contributed by atoms with Crippen LogP contribution in [0.25, 0.3) is 0 Å². The molecule has 0 amide bonds. The summed E-state index contributed by atoms with van der Waals surface area (Å²) >= 11 is 0. The molecule has 2 bridgehead atoms. The molecule has 1 aromatic rings. The van der Waals surface area contributed by atoms with Crippen molar-refractivity contribution >= 4 is 0 Å². The number of benzene rings is 1. The smallest absolute Gasteiger partial charge is 0.115 e. The van der Waals surface area contributed by atoms with Crippen LogP contribution in [-0.2, 0) is 11.8 Å². The van der Waals surface area contributed by atoms with E-state index in [-0.39, 0.29) is 0 Å². The predicted molar refractivity (Wildman–Crippen MR) is 88.1 cm³/mol. The maximum absolute atomic E-state index is 10.0. The second-order valence-electron chi connectivity index (χ2n) is 8.35. The second kappa shape index (κ2) is 4.74. The molecule has 2 heteroatoms. The second-order valence-corrected chi connectivity index (χ2v) is 8.35. The molecule has 3 atom stereocenters. The number of likely N-dealkylation sites (tertiary alicyclic amines) is 1. The minimum Gasteiger partial charge on any atom is -0.508 e. The van der Waals surface area contributed by atoms with Crippen molar-refractivity contribution in [1.82, 2.24) is 4.90 Å². The molecule has 3 fully saturated rings. The summed E-state index contributed by atoms with van der Waals surface area (Å²) in [7, 11) is 0. The van der Waals surface area contributed by atoms with Gasteiger partial charge in [-0.2, -0.15) is 0 Å². The van der Waals surface area contributed by atoms with Gasteiger partial charge in [-0.15, -0.1) is 0 Å². The molecular weight excluding hydrogens is 270 g/mol. The van der Waals surface area contributed by atoms with Gasteiger partial charge in [-0.05, 0) is 67.2 Å². The van der Waals surface area contributed by atoms with Crippen molar-refractivity contribution in [2.75, 3.05) is 13.1 Å². The Hall–Kier alpha value is -1.02. The summed E-state index contributed by atoms with van der Waals surface area (Å²) in [6.07, 6.45) is 11.1. The lowest BCUT2D eigenvalue weighted by Crippen LogP contribution is -2.44.